The van der Waals surface area contributed by atoms with Gasteiger partial charge in [-0.15, -0.1) is 0 Å². The van der Waals surface area contributed by atoms with Crippen LogP contribution < -0.4 is 26.0 Å². The monoisotopic (exact) mass is 517 g/mol. The highest BCUT2D eigenvalue weighted by Gasteiger charge is 2.31. The van der Waals surface area contributed by atoms with E-state index in [0.29, 0.717) is 18.7 Å². The molecule has 1 aromatic carbocycles. The molecule has 10 heteroatoms. The topological polar surface area (TPSA) is 129 Å². The van der Waals surface area contributed by atoms with Gasteiger partial charge in [-0.3, -0.25) is 19.2 Å². The van der Waals surface area contributed by atoms with Crippen molar-refractivity contribution in [1.82, 2.24) is 26.2 Å². The van der Waals surface area contributed by atoms with Crippen LogP contribution in [0.25, 0.3) is 0 Å². The minimum Gasteiger partial charge on any atom is -0.491 e. The van der Waals surface area contributed by atoms with Gasteiger partial charge in [0.05, 0.1) is 18.0 Å². The van der Waals surface area contributed by atoms with Crippen molar-refractivity contribution >= 4 is 23.6 Å². The largest absolute Gasteiger partial charge is 0.491 e. The lowest BCUT2D eigenvalue weighted by atomic mass is 10.00. The molecule has 0 saturated heterocycles. The molecule has 1 aromatic rings. The van der Waals surface area contributed by atoms with E-state index >= 15 is 0 Å². The second kappa shape index (κ2) is 14.6. The molecule has 0 aromatic heterocycles. The van der Waals surface area contributed by atoms with Gasteiger partial charge < -0.3 is 30.9 Å². The van der Waals surface area contributed by atoms with Gasteiger partial charge in [0, 0.05) is 6.54 Å². The third kappa shape index (κ3) is 10.0. The maximum absolute atomic E-state index is 13.2. The first-order chi connectivity index (χ1) is 17.5. The predicted octanol–water partition coefficient (Wildman–Crippen LogP) is 1.31. The Labute approximate surface area is 220 Å². The molecule has 0 spiro atoms. The molecule has 1 aliphatic heterocycles. The lowest BCUT2D eigenvalue weighted by molar-refractivity contribution is -0.132. The zero-order valence-corrected chi connectivity index (χ0v) is 22.9. The Bertz CT molecular complexity index is 934. The zero-order chi connectivity index (χ0) is 27.5. The van der Waals surface area contributed by atoms with Crippen molar-refractivity contribution in [1.29, 1.82) is 0 Å². The van der Waals surface area contributed by atoms with E-state index < -0.39 is 29.8 Å². The summed E-state index contributed by atoms with van der Waals surface area (Å²) in [5, 5.41) is 11.3. The van der Waals surface area contributed by atoms with Crippen LogP contribution >= 0.6 is 0 Å². The van der Waals surface area contributed by atoms with E-state index in [1.165, 1.54) is 0 Å². The van der Waals surface area contributed by atoms with Crippen molar-refractivity contribution < 1.29 is 23.9 Å². The first-order valence-corrected chi connectivity index (χ1v) is 13.0. The number of hydrogen-bond acceptors (Lipinski definition) is 6. The fourth-order valence-corrected chi connectivity index (χ4v) is 4.13. The Kier molecular flexibility index (Phi) is 11.8. The van der Waals surface area contributed by atoms with Crippen LogP contribution in [0.15, 0.2) is 24.3 Å². The number of nitrogens with one attached hydrogen (secondary N) is 4. The van der Waals surface area contributed by atoms with Crippen molar-refractivity contribution in [3.05, 3.63) is 29.8 Å². The van der Waals surface area contributed by atoms with E-state index in [1.807, 2.05) is 46.7 Å². The highest BCUT2D eigenvalue weighted by molar-refractivity contribution is 6.01. The van der Waals surface area contributed by atoms with Crippen molar-refractivity contribution in [3.8, 4) is 5.75 Å². The van der Waals surface area contributed by atoms with E-state index in [0.717, 1.165) is 13.0 Å². The fraction of sp³-hybridized carbons (Fsp3) is 0.630. The minimum atomic E-state index is -1.12. The summed E-state index contributed by atoms with van der Waals surface area (Å²) in [7, 11) is 3.88. The highest BCUT2D eigenvalue weighted by atomic mass is 16.5. The van der Waals surface area contributed by atoms with Crippen LogP contribution in [0.2, 0.25) is 0 Å². The van der Waals surface area contributed by atoms with Crippen LogP contribution in [0, 0.1) is 11.8 Å². The summed E-state index contributed by atoms with van der Waals surface area (Å²) >= 11 is 0. The van der Waals surface area contributed by atoms with Gasteiger partial charge in [0.2, 0.25) is 17.7 Å². The van der Waals surface area contributed by atoms with E-state index in [-0.39, 0.29) is 42.4 Å². The van der Waals surface area contributed by atoms with Crippen LogP contribution in [-0.2, 0) is 14.4 Å². The van der Waals surface area contributed by atoms with Crippen LogP contribution in [0.3, 0.4) is 0 Å². The van der Waals surface area contributed by atoms with Gasteiger partial charge in [0.25, 0.3) is 5.91 Å². The Morgan fingerprint density at radius 1 is 1.08 bits per heavy atom. The maximum atomic E-state index is 13.2. The lowest BCUT2D eigenvalue weighted by Crippen LogP contribution is -2.55. The molecule has 4 N–H and O–H groups in total. The number of hydrogen-bond donors (Lipinski definition) is 4. The third-order valence-electron chi connectivity index (χ3n) is 6.03. The van der Waals surface area contributed by atoms with Gasteiger partial charge in [-0.05, 0) is 57.5 Å². The smallest absolute Gasteiger partial charge is 0.255 e. The van der Waals surface area contributed by atoms with Gasteiger partial charge in [-0.2, -0.15) is 0 Å². The molecule has 0 fully saturated rings. The third-order valence-corrected chi connectivity index (χ3v) is 6.03. The zero-order valence-electron chi connectivity index (χ0n) is 22.9. The molecular weight excluding hydrogens is 474 g/mol. The number of nitrogens with zero attached hydrogens (tertiary/aromatic N) is 1. The molecule has 0 radical (unpaired) electrons. The van der Waals surface area contributed by atoms with Gasteiger partial charge in [-0.1, -0.05) is 39.8 Å². The van der Waals surface area contributed by atoms with Crippen molar-refractivity contribution in [3.63, 3.8) is 0 Å². The average molecular weight is 518 g/mol. The molecule has 206 valence electrons. The molecule has 37 heavy (non-hydrogen) atoms. The second-order valence-corrected chi connectivity index (χ2v) is 10.6. The quantitative estimate of drug-likeness (QED) is 0.385. The van der Waals surface area contributed by atoms with Gasteiger partial charge in [0.1, 0.15) is 24.4 Å². The average Bonchev–Trinajstić information content (AvgIpc) is 2.82. The Hall–Kier alpha value is -3.14. The molecule has 3 atom stereocenters. The summed E-state index contributed by atoms with van der Waals surface area (Å²) in [5.41, 5.74) is 0.250. The molecule has 10 nitrogen and oxygen atoms in total. The number of amides is 4. The van der Waals surface area contributed by atoms with E-state index in [1.54, 1.807) is 24.3 Å². The second-order valence-electron chi connectivity index (χ2n) is 10.6. The normalized spacial score (nSPS) is 21.4. The number of carbonyl (C=O) groups is 4. The first-order valence-electron chi connectivity index (χ1n) is 13.0. The summed E-state index contributed by atoms with van der Waals surface area (Å²) < 4.78 is 6.01. The number of benzene rings is 1. The van der Waals surface area contributed by atoms with E-state index in [2.05, 4.69) is 21.3 Å². The summed E-state index contributed by atoms with van der Waals surface area (Å²) in [5.74, 6) is -1.34. The minimum absolute atomic E-state index is 0.156. The first kappa shape index (κ1) is 30.1. The summed E-state index contributed by atoms with van der Waals surface area (Å²) in [6.45, 7) is 9.12. The molecule has 1 heterocycles. The molecule has 4 amide bonds. The highest BCUT2D eigenvalue weighted by Crippen LogP contribution is 2.20. The summed E-state index contributed by atoms with van der Waals surface area (Å²) in [6, 6.07) is 4.51. The van der Waals surface area contributed by atoms with Gasteiger partial charge in [0.15, 0.2) is 0 Å². The predicted molar refractivity (Wildman–Crippen MR) is 142 cm³/mol. The van der Waals surface area contributed by atoms with E-state index in [4.69, 9.17) is 4.74 Å². The molecule has 2 rings (SSSR count). The molecular formula is C27H43N5O5. The number of fused-ring (bicyclic) bond motifs is 1. The summed E-state index contributed by atoms with van der Waals surface area (Å²) in [4.78, 5) is 54.4. The molecule has 0 aliphatic carbocycles. The summed E-state index contributed by atoms with van der Waals surface area (Å²) in [6.07, 6.45) is 1.07. The van der Waals surface area contributed by atoms with Crippen LogP contribution in [0.1, 0.15) is 57.3 Å². The number of ether oxygens (including phenoxy) is 1. The fourth-order valence-electron chi connectivity index (χ4n) is 4.13. The standard InChI is InChI=1S/C27H43N5O5/c1-17(2)14-19-16-37-22-11-8-7-10-20(22)25(34)30-21(26(35)28-12-9-13-32(5)6)15-23(33)31-24(18(3)4)27(36)29-19/h7-8,10-11,17-19,21,24H,9,12-16H2,1-6H3,(H,28,35)(H,29,36)(H,30,34)(H,31,33)/t19-,21+,24-/m1/s1. The molecule has 0 saturated carbocycles. The van der Waals surface area contributed by atoms with Crippen molar-refractivity contribution in [2.75, 3.05) is 33.8 Å². The Balaban J connectivity index is 2.34. The molecule has 1 aliphatic rings. The van der Waals surface area contributed by atoms with Crippen molar-refractivity contribution in [2.24, 2.45) is 11.8 Å². The van der Waals surface area contributed by atoms with Crippen LogP contribution in [-0.4, -0.2) is 80.4 Å². The van der Waals surface area contributed by atoms with Gasteiger partial charge in [-0.25, -0.2) is 0 Å². The Morgan fingerprint density at radius 2 is 1.78 bits per heavy atom. The van der Waals surface area contributed by atoms with Crippen molar-refractivity contribution in [2.45, 2.75) is 65.1 Å². The Morgan fingerprint density at radius 3 is 2.43 bits per heavy atom. The number of rotatable bonds is 8. The number of para-hydroxylation sites is 1. The molecule has 0 bridgehead atoms. The van der Waals surface area contributed by atoms with E-state index in [9.17, 15) is 19.2 Å². The van der Waals surface area contributed by atoms with Gasteiger partial charge >= 0.3 is 0 Å². The SMILES string of the molecule is CC(C)C[C@@H]1COc2ccccc2C(=O)N[C@H](C(=O)NCCCN(C)C)CC(=O)N[C@H](C(C)C)C(=O)N1. The van der Waals surface area contributed by atoms with Crippen LogP contribution in [0.4, 0.5) is 0 Å². The maximum Gasteiger partial charge on any atom is 0.255 e. The van der Waals surface area contributed by atoms with Crippen LogP contribution in [0.5, 0.6) is 5.75 Å². The molecule has 0 unspecified atom stereocenters. The number of carbonyl (C=O) groups excluding carboxylic acids is 4. The lowest BCUT2D eigenvalue weighted by Gasteiger charge is -2.28.